The molecule has 1 fully saturated rings. The lowest BCUT2D eigenvalue weighted by molar-refractivity contribution is -0.274. The molecular weight excluding hydrogens is 335 g/mol. The molecule has 0 saturated carbocycles. The molecule has 1 aliphatic rings. The summed E-state index contributed by atoms with van der Waals surface area (Å²) in [4.78, 5) is 22.6. The molecule has 1 aromatic heterocycles. The number of halogens is 3. The first-order valence-electron chi connectivity index (χ1n) is 7.90. The number of hydrogen-bond acceptors (Lipinski definition) is 4. The Hall–Kier alpha value is -2.64. The second-order valence-electron chi connectivity index (χ2n) is 5.71. The quantitative estimate of drug-likeness (QED) is 0.847. The van der Waals surface area contributed by atoms with E-state index in [2.05, 4.69) is 14.7 Å². The van der Waals surface area contributed by atoms with Gasteiger partial charge < -0.3 is 9.64 Å². The molecule has 0 N–H and O–H groups in total. The van der Waals surface area contributed by atoms with E-state index in [4.69, 9.17) is 0 Å². The van der Waals surface area contributed by atoms with Crippen molar-refractivity contribution in [1.29, 1.82) is 0 Å². The van der Waals surface area contributed by atoms with Crippen LogP contribution in [-0.4, -0.2) is 40.2 Å². The maximum absolute atomic E-state index is 12.5. The van der Waals surface area contributed by atoms with Gasteiger partial charge in [0.25, 0.3) is 5.91 Å². The fourth-order valence-corrected chi connectivity index (χ4v) is 2.69. The van der Waals surface area contributed by atoms with E-state index in [1.165, 1.54) is 36.7 Å². The Kier molecular flexibility index (Phi) is 4.87. The zero-order valence-corrected chi connectivity index (χ0v) is 13.3. The van der Waals surface area contributed by atoms with E-state index in [0.717, 1.165) is 19.3 Å². The van der Waals surface area contributed by atoms with E-state index in [1.54, 1.807) is 4.90 Å². The van der Waals surface area contributed by atoms with Crippen LogP contribution < -0.4 is 4.74 Å². The van der Waals surface area contributed by atoms with Gasteiger partial charge in [0.2, 0.25) is 0 Å². The average Bonchev–Trinajstić information content (AvgIpc) is 2.61. The average molecular weight is 351 g/mol. The van der Waals surface area contributed by atoms with Gasteiger partial charge >= 0.3 is 6.36 Å². The Balaban J connectivity index is 1.78. The number of aromatic nitrogens is 2. The molecule has 0 radical (unpaired) electrons. The van der Waals surface area contributed by atoms with E-state index in [-0.39, 0.29) is 17.4 Å². The van der Waals surface area contributed by atoms with E-state index in [0.29, 0.717) is 24.3 Å². The van der Waals surface area contributed by atoms with Crippen LogP contribution in [0.4, 0.5) is 13.2 Å². The van der Waals surface area contributed by atoms with Crippen LogP contribution in [0, 0.1) is 0 Å². The Morgan fingerprint density at radius 3 is 2.36 bits per heavy atom. The molecule has 25 heavy (non-hydrogen) atoms. The monoisotopic (exact) mass is 351 g/mol. The lowest BCUT2D eigenvalue weighted by atomic mass is 10.1. The number of carbonyl (C=O) groups excluding carboxylic acids is 1. The van der Waals surface area contributed by atoms with E-state index >= 15 is 0 Å². The maximum Gasteiger partial charge on any atom is 0.573 e. The number of alkyl halides is 3. The third-order valence-electron chi connectivity index (χ3n) is 3.88. The number of likely N-dealkylation sites (tertiary alicyclic amines) is 1. The molecule has 0 unspecified atom stereocenters. The molecule has 8 heteroatoms. The first-order chi connectivity index (χ1) is 11.9. The number of nitrogens with zero attached hydrogens (tertiary/aromatic N) is 3. The molecule has 1 amide bonds. The summed E-state index contributed by atoms with van der Waals surface area (Å²) in [5.41, 5.74) is 1.20. The molecule has 0 atom stereocenters. The summed E-state index contributed by atoms with van der Waals surface area (Å²) in [6.45, 7) is 1.41. The second kappa shape index (κ2) is 7.08. The summed E-state index contributed by atoms with van der Waals surface area (Å²) >= 11 is 0. The van der Waals surface area contributed by atoms with Crippen LogP contribution in [0.5, 0.6) is 5.75 Å². The molecule has 1 saturated heterocycles. The number of hydrogen-bond donors (Lipinski definition) is 0. The summed E-state index contributed by atoms with van der Waals surface area (Å²) in [5.74, 6) is -0.490. The Labute approximate surface area is 142 Å². The highest BCUT2D eigenvalue weighted by Crippen LogP contribution is 2.25. The van der Waals surface area contributed by atoms with Gasteiger partial charge in [0.1, 0.15) is 11.4 Å². The van der Waals surface area contributed by atoms with Gasteiger partial charge in [-0.2, -0.15) is 0 Å². The Bertz CT molecular complexity index is 742. The molecule has 1 aliphatic heterocycles. The van der Waals surface area contributed by atoms with Gasteiger partial charge in [-0.25, -0.2) is 4.98 Å². The fourth-order valence-electron chi connectivity index (χ4n) is 2.69. The van der Waals surface area contributed by atoms with Gasteiger partial charge in [0.05, 0.1) is 18.1 Å². The van der Waals surface area contributed by atoms with Crippen LogP contribution in [0.25, 0.3) is 11.3 Å². The second-order valence-corrected chi connectivity index (χ2v) is 5.71. The van der Waals surface area contributed by atoms with Crippen molar-refractivity contribution in [2.24, 2.45) is 0 Å². The largest absolute Gasteiger partial charge is 0.573 e. The topological polar surface area (TPSA) is 55.3 Å². The van der Waals surface area contributed by atoms with Crippen molar-refractivity contribution in [3.63, 3.8) is 0 Å². The minimum Gasteiger partial charge on any atom is -0.406 e. The van der Waals surface area contributed by atoms with Crippen molar-refractivity contribution in [3.05, 3.63) is 42.4 Å². The number of rotatable bonds is 3. The van der Waals surface area contributed by atoms with Crippen LogP contribution >= 0.6 is 0 Å². The summed E-state index contributed by atoms with van der Waals surface area (Å²) in [7, 11) is 0. The van der Waals surface area contributed by atoms with E-state index in [9.17, 15) is 18.0 Å². The first-order valence-corrected chi connectivity index (χ1v) is 7.90. The lowest BCUT2D eigenvalue weighted by Gasteiger charge is -2.26. The molecule has 0 spiro atoms. The van der Waals surface area contributed by atoms with Crippen LogP contribution in [0.15, 0.2) is 36.7 Å². The van der Waals surface area contributed by atoms with Gasteiger partial charge in [0.15, 0.2) is 0 Å². The third-order valence-corrected chi connectivity index (χ3v) is 3.88. The lowest BCUT2D eigenvalue weighted by Crippen LogP contribution is -2.36. The molecule has 132 valence electrons. The zero-order valence-electron chi connectivity index (χ0n) is 13.3. The minimum atomic E-state index is -4.73. The van der Waals surface area contributed by atoms with Crippen LogP contribution in [0.2, 0.25) is 0 Å². The van der Waals surface area contributed by atoms with Crippen LogP contribution in [0.1, 0.15) is 29.8 Å². The Morgan fingerprint density at radius 1 is 1.04 bits per heavy atom. The minimum absolute atomic E-state index is 0.175. The van der Waals surface area contributed by atoms with Crippen molar-refractivity contribution in [1.82, 2.24) is 14.9 Å². The van der Waals surface area contributed by atoms with Crippen LogP contribution in [-0.2, 0) is 0 Å². The van der Waals surface area contributed by atoms with Gasteiger partial charge in [-0.15, -0.1) is 13.2 Å². The summed E-state index contributed by atoms with van der Waals surface area (Å²) in [6, 6.07) is 5.29. The van der Waals surface area contributed by atoms with Crippen molar-refractivity contribution < 1.29 is 22.7 Å². The molecule has 1 aromatic carbocycles. The zero-order chi connectivity index (χ0) is 17.9. The molecular formula is C17H16F3N3O2. The number of piperidine rings is 1. The predicted octanol–water partition coefficient (Wildman–Crippen LogP) is 3.67. The summed E-state index contributed by atoms with van der Waals surface area (Å²) < 4.78 is 40.4. The highest BCUT2D eigenvalue weighted by atomic mass is 19.4. The van der Waals surface area contributed by atoms with Crippen LogP contribution in [0.3, 0.4) is 0 Å². The van der Waals surface area contributed by atoms with Gasteiger partial charge in [0, 0.05) is 18.7 Å². The highest BCUT2D eigenvalue weighted by molar-refractivity contribution is 5.92. The van der Waals surface area contributed by atoms with Crippen molar-refractivity contribution in [2.75, 3.05) is 13.1 Å². The normalized spacial score (nSPS) is 15.1. The molecule has 3 rings (SSSR count). The van der Waals surface area contributed by atoms with Crippen molar-refractivity contribution in [3.8, 4) is 17.0 Å². The molecule has 0 aliphatic carbocycles. The predicted molar refractivity (Wildman–Crippen MR) is 83.9 cm³/mol. The van der Waals surface area contributed by atoms with Crippen molar-refractivity contribution >= 4 is 5.91 Å². The summed E-state index contributed by atoms with van der Waals surface area (Å²) in [5, 5.41) is 0. The smallest absolute Gasteiger partial charge is 0.406 e. The molecule has 2 aromatic rings. The van der Waals surface area contributed by atoms with Crippen molar-refractivity contribution in [2.45, 2.75) is 25.6 Å². The SMILES string of the molecule is O=C(c1cncc(-c2ccc(OC(F)(F)F)cc2)n1)N1CCCCC1. The maximum atomic E-state index is 12.5. The van der Waals surface area contributed by atoms with E-state index in [1.807, 2.05) is 0 Å². The highest BCUT2D eigenvalue weighted by Gasteiger charge is 2.31. The third kappa shape index (κ3) is 4.46. The number of amides is 1. The molecule has 2 heterocycles. The number of carbonyl (C=O) groups is 1. The number of benzene rings is 1. The van der Waals surface area contributed by atoms with E-state index < -0.39 is 6.36 Å². The van der Waals surface area contributed by atoms with Gasteiger partial charge in [-0.05, 0) is 43.5 Å². The standard InChI is InChI=1S/C17H16F3N3O2/c18-17(19,20)25-13-6-4-12(5-7-13)14-10-21-11-15(22-14)16(24)23-8-2-1-3-9-23/h4-7,10-11H,1-3,8-9H2. The molecule has 5 nitrogen and oxygen atoms in total. The fraction of sp³-hybridized carbons (Fsp3) is 0.353. The molecule has 0 bridgehead atoms. The summed E-state index contributed by atoms with van der Waals surface area (Å²) in [6.07, 6.45) is 1.19. The Morgan fingerprint density at radius 2 is 1.72 bits per heavy atom. The van der Waals surface area contributed by atoms with Gasteiger partial charge in [-0.1, -0.05) is 0 Å². The first kappa shape index (κ1) is 17.2. The number of ether oxygens (including phenoxy) is 1. The van der Waals surface area contributed by atoms with Gasteiger partial charge in [-0.3, -0.25) is 9.78 Å².